The first-order chi connectivity index (χ1) is 13.0. The minimum Gasteiger partial charge on any atom is -0.484 e. The summed E-state index contributed by atoms with van der Waals surface area (Å²) < 4.78 is 5.65. The number of carbonyl (C=O) groups excluding carboxylic acids is 1. The van der Waals surface area contributed by atoms with E-state index < -0.39 is 0 Å². The molecule has 0 spiro atoms. The molecule has 0 unspecified atom stereocenters. The van der Waals surface area contributed by atoms with Gasteiger partial charge in [0, 0.05) is 13.1 Å². The van der Waals surface area contributed by atoms with Gasteiger partial charge in [0.2, 0.25) is 0 Å². The fourth-order valence-corrected chi connectivity index (χ4v) is 3.39. The summed E-state index contributed by atoms with van der Waals surface area (Å²) in [5, 5.41) is 3.01. The molecule has 1 aliphatic heterocycles. The van der Waals surface area contributed by atoms with Crippen LogP contribution < -0.4 is 15.0 Å². The van der Waals surface area contributed by atoms with Gasteiger partial charge in [-0.2, -0.15) is 0 Å². The largest absolute Gasteiger partial charge is 0.484 e. The third-order valence-electron chi connectivity index (χ3n) is 5.22. The van der Waals surface area contributed by atoms with Crippen LogP contribution in [0.25, 0.3) is 0 Å². The number of nitrogens with zero attached hydrogens (tertiary/aromatic N) is 1. The second kappa shape index (κ2) is 8.94. The molecule has 0 radical (unpaired) electrons. The van der Waals surface area contributed by atoms with Crippen LogP contribution in [-0.4, -0.2) is 25.6 Å². The average Bonchev–Trinajstić information content (AvgIpc) is 2.68. The molecule has 144 valence electrons. The van der Waals surface area contributed by atoms with Crippen LogP contribution in [-0.2, 0) is 4.79 Å². The van der Waals surface area contributed by atoms with Gasteiger partial charge in [-0.15, -0.1) is 0 Å². The molecule has 2 aromatic rings. The average molecular weight is 367 g/mol. The number of amides is 1. The lowest BCUT2D eigenvalue weighted by Gasteiger charge is -2.33. The lowest BCUT2D eigenvalue weighted by molar-refractivity contribution is -0.118. The van der Waals surface area contributed by atoms with Crippen molar-refractivity contribution in [1.29, 1.82) is 0 Å². The quantitative estimate of drug-likeness (QED) is 0.776. The fourth-order valence-electron chi connectivity index (χ4n) is 3.39. The Morgan fingerprint density at radius 3 is 2.44 bits per heavy atom. The van der Waals surface area contributed by atoms with Crippen molar-refractivity contribution < 1.29 is 9.53 Å². The number of para-hydroxylation sites is 2. The number of hydrogen-bond donors (Lipinski definition) is 1. The zero-order chi connectivity index (χ0) is 19.2. The summed E-state index contributed by atoms with van der Waals surface area (Å²) in [4.78, 5) is 14.8. The molecule has 1 saturated heterocycles. The maximum Gasteiger partial charge on any atom is 0.262 e. The standard InChI is InChI=1S/C23H30N2O2/c1-17(2)19-8-10-20(11-9-19)27-16-23(26)24-21-6-4-5-7-22(21)25-14-12-18(3)13-15-25/h4-11,17-18H,12-16H2,1-3H3,(H,24,26). The maximum absolute atomic E-state index is 12.4. The molecule has 1 amide bonds. The highest BCUT2D eigenvalue weighted by molar-refractivity contribution is 5.95. The molecule has 0 aromatic heterocycles. The van der Waals surface area contributed by atoms with E-state index in [1.807, 2.05) is 42.5 Å². The molecule has 4 nitrogen and oxygen atoms in total. The number of anilines is 2. The van der Waals surface area contributed by atoms with Gasteiger partial charge in [-0.3, -0.25) is 4.79 Å². The second-order valence-corrected chi connectivity index (χ2v) is 7.75. The van der Waals surface area contributed by atoms with E-state index in [1.54, 1.807) is 0 Å². The van der Waals surface area contributed by atoms with Crippen molar-refractivity contribution in [3.63, 3.8) is 0 Å². The number of ether oxygens (including phenoxy) is 1. The molecule has 1 heterocycles. The van der Waals surface area contributed by atoms with Crippen molar-refractivity contribution in [2.24, 2.45) is 5.92 Å². The Balaban J connectivity index is 1.58. The first-order valence-electron chi connectivity index (χ1n) is 9.89. The molecule has 1 fully saturated rings. The third-order valence-corrected chi connectivity index (χ3v) is 5.22. The minimum absolute atomic E-state index is 0.00634. The summed E-state index contributed by atoms with van der Waals surface area (Å²) in [6.45, 7) is 8.69. The summed E-state index contributed by atoms with van der Waals surface area (Å²) in [6, 6.07) is 16.0. The molecule has 3 rings (SSSR count). The summed E-state index contributed by atoms with van der Waals surface area (Å²) in [5.41, 5.74) is 3.21. The highest BCUT2D eigenvalue weighted by Gasteiger charge is 2.19. The van der Waals surface area contributed by atoms with Gasteiger partial charge in [0.15, 0.2) is 6.61 Å². The molecular formula is C23H30N2O2. The number of piperidine rings is 1. The van der Waals surface area contributed by atoms with E-state index in [2.05, 4.69) is 37.1 Å². The van der Waals surface area contributed by atoms with Crippen LogP contribution in [0.3, 0.4) is 0 Å². The Bertz CT molecular complexity index is 747. The van der Waals surface area contributed by atoms with Crippen molar-refractivity contribution in [2.45, 2.75) is 39.5 Å². The van der Waals surface area contributed by atoms with Gasteiger partial charge in [-0.1, -0.05) is 45.0 Å². The minimum atomic E-state index is -0.138. The van der Waals surface area contributed by atoms with Gasteiger partial charge in [0.1, 0.15) is 5.75 Å². The fraction of sp³-hybridized carbons (Fsp3) is 0.435. The molecule has 1 N–H and O–H groups in total. The zero-order valence-electron chi connectivity index (χ0n) is 16.6. The van der Waals surface area contributed by atoms with Crippen molar-refractivity contribution >= 4 is 17.3 Å². The first kappa shape index (κ1) is 19.3. The van der Waals surface area contributed by atoms with Crippen molar-refractivity contribution in [3.8, 4) is 5.75 Å². The SMILES string of the molecule is CC1CCN(c2ccccc2NC(=O)COc2ccc(C(C)C)cc2)CC1. The molecule has 4 heteroatoms. The highest BCUT2D eigenvalue weighted by atomic mass is 16.5. The topological polar surface area (TPSA) is 41.6 Å². The van der Waals surface area contributed by atoms with Gasteiger partial charge in [-0.25, -0.2) is 0 Å². The lowest BCUT2D eigenvalue weighted by atomic mass is 9.98. The molecular weight excluding hydrogens is 336 g/mol. The molecule has 0 aliphatic carbocycles. The van der Waals surface area contributed by atoms with Gasteiger partial charge < -0.3 is 15.0 Å². The van der Waals surface area contributed by atoms with Crippen LogP contribution in [0.1, 0.15) is 45.1 Å². The summed E-state index contributed by atoms with van der Waals surface area (Å²) >= 11 is 0. The molecule has 0 saturated carbocycles. The van der Waals surface area contributed by atoms with Crippen LogP contribution >= 0.6 is 0 Å². The van der Waals surface area contributed by atoms with Gasteiger partial charge in [0.25, 0.3) is 5.91 Å². The summed E-state index contributed by atoms with van der Waals surface area (Å²) in [5.74, 6) is 1.84. The number of hydrogen-bond acceptors (Lipinski definition) is 3. The Morgan fingerprint density at radius 1 is 1.11 bits per heavy atom. The van der Waals surface area contributed by atoms with Gasteiger partial charge in [0.05, 0.1) is 11.4 Å². The first-order valence-corrected chi connectivity index (χ1v) is 9.89. The van der Waals surface area contributed by atoms with Gasteiger partial charge >= 0.3 is 0 Å². The Morgan fingerprint density at radius 2 is 1.78 bits per heavy atom. The molecule has 2 aromatic carbocycles. The van der Waals surface area contributed by atoms with E-state index >= 15 is 0 Å². The van der Waals surface area contributed by atoms with Crippen LogP contribution in [0.5, 0.6) is 5.75 Å². The van der Waals surface area contributed by atoms with E-state index in [1.165, 1.54) is 18.4 Å². The van der Waals surface area contributed by atoms with Crippen LogP contribution in [0.15, 0.2) is 48.5 Å². The third kappa shape index (κ3) is 5.25. The lowest BCUT2D eigenvalue weighted by Crippen LogP contribution is -2.33. The highest BCUT2D eigenvalue weighted by Crippen LogP contribution is 2.29. The number of benzene rings is 2. The van der Waals surface area contributed by atoms with Crippen LogP contribution in [0.4, 0.5) is 11.4 Å². The van der Waals surface area contributed by atoms with Crippen LogP contribution in [0, 0.1) is 5.92 Å². The summed E-state index contributed by atoms with van der Waals surface area (Å²) in [7, 11) is 0. The Kier molecular flexibility index (Phi) is 6.38. The maximum atomic E-state index is 12.4. The molecule has 27 heavy (non-hydrogen) atoms. The van der Waals surface area contributed by atoms with E-state index in [0.717, 1.165) is 30.4 Å². The van der Waals surface area contributed by atoms with E-state index in [-0.39, 0.29) is 12.5 Å². The Labute approximate surface area is 162 Å². The number of carbonyl (C=O) groups is 1. The smallest absolute Gasteiger partial charge is 0.262 e. The van der Waals surface area contributed by atoms with E-state index in [0.29, 0.717) is 11.7 Å². The predicted octanol–water partition coefficient (Wildman–Crippen LogP) is 5.06. The van der Waals surface area contributed by atoms with Crippen molar-refractivity contribution in [1.82, 2.24) is 0 Å². The van der Waals surface area contributed by atoms with Crippen molar-refractivity contribution in [3.05, 3.63) is 54.1 Å². The molecule has 1 aliphatic rings. The van der Waals surface area contributed by atoms with Crippen molar-refractivity contribution in [2.75, 3.05) is 29.9 Å². The Hall–Kier alpha value is -2.49. The zero-order valence-corrected chi connectivity index (χ0v) is 16.6. The predicted molar refractivity (Wildman–Crippen MR) is 112 cm³/mol. The molecule has 0 bridgehead atoms. The molecule has 0 atom stereocenters. The van der Waals surface area contributed by atoms with E-state index in [4.69, 9.17) is 4.74 Å². The van der Waals surface area contributed by atoms with E-state index in [9.17, 15) is 4.79 Å². The van der Waals surface area contributed by atoms with Gasteiger partial charge in [-0.05, 0) is 54.5 Å². The number of rotatable bonds is 6. The number of nitrogens with one attached hydrogen (secondary N) is 1. The monoisotopic (exact) mass is 366 g/mol. The summed E-state index contributed by atoms with van der Waals surface area (Å²) in [6.07, 6.45) is 2.38. The normalized spacial score (nSPS) is 15.0. The second-order valence-electron chi connectivity index (χ2n) is 7.75. The van der Waals surface area contributed by atoms with Crippen LogP contribution in [0.2, 0.25) is 0 Å².